The first-order chi connectivity index (χ1) is 10.0. The van der Waals surface area contributed by atoms with Gasteiger partial charge in [-0.15, -0.1) is 0 Å². The minimum Gasteiger partial charge on any atom is -0.369 e. The first-order valence-electron chi connectivity index (χ1n) is 6.66. The average molecular weight is 320 g/mol. The minimum atomic E-state index is 0.0167. The molecule has 0 saturated carbocycles. The van der Waals surface area contributed by atoms with Crippen LogP contribution >= 0.6 is 23.2 Å². The standard InChI is InChI=1S/C16H15Cl2N3/c1-10-3-2-4-14(5-10)21-15(9-20-16(21)19)11-6-12(17)8-13(18)7-11/h2-8,15H,9H2,1H3,(H2,19,20). The van der Waals surface area contributed by atoms with Crippen molar-refractivity contribution in [2.45, 2.75) is 13.0 Å². The Morgan fingerprint density at radius 2 is 1.86 bits per heavy atom. The summed E-state index contributed by atoms with van der Waals surface area (Å²) in [6.45, 7) is 2.65. The Morgan fingerprint density at radius 1 is 1.14 bits per heavy atom. The Bertz CT molecular complexity index is 692. The molecule has 1 heterocycles. The number of rotatable bonds is 2. The van der Waals surface area contributed by atoms with Gasteiger partial charge >= 0.3 is 0 Å². The molecule has 1 atom stereocenters. The Morgan fingerprint density at radius 3 is 2.52 bits per heavy atom. The van der Waals surface area contributed by atoms with E-state index in [-0.39, 0.29) is 6.04 Å². The first kappa shape index (κ1) is 14.2. The van der Waals surface area contributed by atoms with Crippen LogP contribution in [0.15, 0.2) is 47.5 Å². The fraction of sp³-hybridized carbons (Fsp3) is 0.188. The zero-order valence-electron chi connectivity index (χ0n) is 11.6. The molecular weight excluding hydrogens is 305 g/mol. The maximum atomic E-state index is 6.11. The molecule has 0 aliphatic carbocycles. The molecule has 0 aromatic heterocycles. The van der Waals surface area contributed by atoms with Gasteiger partial charge in [0.25, 0.3) is 0 Å². The van der Waals surface area contributed by atoms with E-state index < -0.39 is 0 Å². The molecule has 1 aliphatic rings. The van der Waals surface area contributed by atoms with Crippen molar-refractivity contribution in [2.75, 3.05) is 11.4 Å². The van der Waals surface area contributed by atoms with E-state index in [0.717, 1.165) is 11.3 Å². The summed E-state index contributed by atoms with van der Waals surface area (Å²) < 4.78 is 0. The largest absolute Gasteiger partial charge is 0.369 e. The zero-order valence-corrected chi connectivity index (χ0v) is 13.1. The topological polar surface area (TPSA) is 41.6 Å². The molecule has 2 aromatic rings. The maximum Gasteiger partial charge on any atom is 0.196 e. The van der Waals surface area contributed by atoms with Crippen LogP contribution in [-0.4, -0.2) is 12.5 Å². The van der Waals surface area contributed by atoms with Crippen molar-refractivity contribution in [3.05, 3.63) is 63.6 Å². The van der Waals surface area contributed by atoms with Crippen molar-refractivity contribution < 1.29 is 0 Å². The highest BCUT2D eigenvalue weighted by Crippen LogP contribution is 2.33. The highest BCUT2D eigenvalue weighted by Gasteiger charge is 2.29. The second-order valence-corrected chi connectivity index (χ2v) is 6.00. The quantitative estimate of drug-likeness (QED) is 0.902. The summed E-state index contributed by atoms with van der Waals surface area (Å²) in [5.74, 6) is 0.515. The van der Waals surface area contributed by atoms with Crippen molar-refractivity contribution in [1.82, 2.24) is 0 Å². The van der Waals surface area contributed by atoms with Gasteiger partial charge in [0.05, 0.1) is 12.6 Å². The zero-order chi connectivity index (χ0) is 15.0. The third kappa shape index (κ3) is 2.85. The van der Waals surface area contributed by atoms with Gasteiger partial charge < -0.3 is 10.6 Å². The lowest BCUT2D eigenvalue weighted by Gasteiger charge is -2.27. The number of aryl methyl sites for hydroxylation is 1. The molecule has 3 rings (SSSR count). The monoisotopic (exact) mass is 319 g/mol. The summed E-state index contributed by atoms with van der Waals surface area (Å²) in [5.41, 5.74) is 9.29. The molecule has 21 heavy (non-hydrogen) atoms. The second-order valence-electron chi connectivity index (χ2n) is 5.13. The van der Waals surface area contributed by atoms with Gasteiger partial charge in [-0.1, -0.05) is 35.3 Å². The van der Waals surface area contributed by atoms with Crippen LogP contribution in [-0.2, 0) is 0 Å². The number of halogens is 2. The summed E-state index contributed by atoms with van der Waals surface area (Å²) >= 11 is 12.2. The third-order valence-electron chi connectivity index (χ3n) is 3.53. The molecule has 5 heteroatoms. The van der Waals surface area contributed by atoms with E-state index in [1.54, 1.807) is 6.07 Å². The highest BCUT2D eigenvalue weighted by molar-refractivity contribution is 6.34. The van der Waals surface area contributed by atoms with Gasteiger partial charge in [-0.3, -0.25) is 4.99 Å². The molecule has 1 unspecified atom stereocenters. The number of aliphatic imine (C=N–C) groups is 1. The number of hydrogen-bond acceptors (Lipinski definition) is 3. The van der Waals surface area contributed by atoms with Crippen LogP contribution in [0.25, 0.3) is 0 Å². The molecule has 0 amide bonds. The fourth-order valence-electron chi connectivity index (χ4n) is 2.61. The molecule has 2 aromatic carbocycles. The van der Waals surface area contributed by atoms with Crippen LogP contribution in [0.5, 0.6) is 0 Å². The molecule has 0 fully saturated rings. The number of anilines is 1. The van der Waals surface area contributed by atoms with E-state index in [1.165, 1.54) is 5.56 Å². The second kappa shape index (κ2) is 5.58. The minimum absolute atomic E-state index is 0.0167. The SMILES string of the molecule is Cc1cccc(N2C(N)=NCC2c2cc(Cl)cc(Cl)c2)c1. The summed E-state index contributed by atoms with van der Waals surface area (Å²) in [4.78, 5) is 6.40. The number of hydrogen-bond donors (Lipinski definition) is 1. The van der Waals surface area contributed by atoms with Crippen molar-refractivity contribution in [1.29, 1.82) is 0 Å². The number of nitrogens with two attached hydrogens (primary N) is 1. The fourth-order valence-corrected chi connectivity index (χ4v) is 3.15. The van der Waals surface area contributed by atoms with Crippen LogP contribution in [0.1, 0.15) is 17.2 Å². The van der Waals surface area contributed by atoms with Gasteiger partial charge in [0.1, 0.15) is 0 Å². The predicted octanol–water partition coefficient (Wildman–Crippen LogP) is 4.18. The molecule has 108 valence electrons. The molecule has 0 radical (unpaired) electrons. The van der Waals surface area contributed by atoms with Crippen LogP contribution in [0.4, 0.5) is 5.69 Å². The molecule has 2 N–H and O–H groups in total. The number of guanidine groups is 1. The van der Waals surface area contributed by atoms with E-state index in [4.69, 9.17) is 28.9 Å². The normalized spacial score (nSPS) is 18.0. The lowest BCUT2D eigenvalue weighted by molar-refractivity contribution is 0.768. The lowest BCUT2D eigenvalue weighted by atomic mass is 10.1. The smallest absolute Gasteiger partial charge is 0.196 e. The molecule has 0 spiro atoms. The van der Waals surface area contributed by atoms with Crippen molar-refractivity contribution >= 4 is 34.8 Å². The predicted molar refractivity (Wildman–Crippen MR) is 89.4 cm³/mol. The van der Waals surface area contributed by atoms with Gasteiger partial charge in [-0.25, -0.2) is 0 Å². The van der Waals surface area contributed by atoms with Crippen molar-refractivity contribution in [3.8, 4) is 0 Å². The van der Waals surface area contributed by atoms with E-state index in [2.05, 4.69) is 24.0 Å². The molecule has 0 saturated heterocycles. The van der Waals surface area contributed by atoms with E-state index >= 15 is 0 Å². The maximum absolute atomic E-state index is 6.11. The van der Waals surface area contributed by atoms with Crippen molar-refractivity contribution in [3.63, 3.8) is 0 Å². The first-order valence-corrected chi connectivity index (χ1v) is 7.42. The highest BCUT2D eigenvalue weighted by atomic mass is 35.5. The van der Waals surface area contributed by atoms with Gasteiger partial charge in [0.15, 0.2) is 5.96 Å². The number of nitrogens with zero attached hydrogens (tertiary/aromatic N) is 2. The molecule has 3 nitrogen and oxygen atoms in total. The Kier molecular flexibility index (Phi) is 3.79. The summed E-state index contributed by atoms with van der Waals surface area (Å²) in [6.07, 6.45) is 0. The molecule has 0 bridgehead atoms. The average Bonchev–Trinajstić information content (AvgIpc) is 2.79. The van der Waals surface area contributed by atoms with Crippen LogP contribution in [0.2, 0.25) is 10.0 Å². The van der Waals surface area contributed by atoms with E-state index in [9.17, 15) is 0 Å². The Hall–Kier alpha value is -1.71. The van der Waals surface area contributed by atoms with E-state index in [1.807, 2.05) is 29.2 Å². The molecule has 1 aliphatic heterocycles. The van der Waals surface area contributed by atoms with Crippen LogP contribution in [0, 0.1) is 6.92 Å². The third-order valence-corrected chi connectivity index (χ3v) is 3.97. The summed E-state index contributed by atoms with van der Waals surface area (Å²) in [6, 6.07) is 13.7. The summed E-state index contributed by atoms with van der Waals surface area (Å²) in [7, 11) is 0. The Balaban J connectivity index is 2.02. The van der Waals surface area contributed by atoms with Crippen LogP contribution < -0.4 is 10.6 Å². The van der Waals surface area contributed by atoms with Gasteiger partial charge in [0, 0.05) is 15.7 Å². The lowest BCUT2D eigenvalue weighted by Crippen LogP contribution is -2.36. The summed E-state index contributed by atoms with van der Waals surface area (Å²) in [5, 5.41) is 1.24. The van der Waals surface area contributed by atoms with Gasteiger partial charge in [-0.2, -0.15) is 0 Å². The van der Waals surface area contributed by atoms with E-state index in [0.29, 0.717) is 22.5 Å². The van der Waals surface area contributed by atoms with Crippen molar-refractivity contribution in [2.24, 2.45) is 10.7 Å². The number of benzene rings is 2. The van der Waals surface area contributed by atoms with Gasteiger partial charge in [0.2, 0.25) is 0 Å². The van der Waals surface area contributed by atoms with Gasteiger partial charge in [-0.05, 0) is 48.4 Å². The molecular formula is C16H15Cl2N3. The Labute approximate surface area is 134 Å². The van der Waals surface area contributed by atoms with Crippen LogP contribution in [0.3, 0.4) is 0 Å².